The molecular formula is C11H15F3N2O2S2. The number of benzene rings is 1. The van der Waals surface area contributed by atoms with Crippen LogP contribution in [0, 0.1) is 0 Å². The minimum Gasteiger partial charge on any atom is -0.329 e. The molecule has 0 saturated carbocycles. The Morgan fingerprint density at radius 2 is 1.70 bits per heavy atom. The van der Waals surface area contributed by atoms with Crippen molar-refractivity contribution in [2.75, 3.05) is 6.54 Å². The molecule has 0 saturated heterocycles. The van der Waals surface area contributed by atoms with Crippen molar-refractivity contribution in [1.82, 2.24) is 4.72 Å². The molecule has 0 amide bonds. The van der Waals surface area contributed by atoms with Crippen molar-refractivity contribution in [2.45, 2.75) is 34.7 Å². The van der Waals surface area contributed by atoms with Crippen LogP contribution in [0.1, 0.15) is 13.8 Å². The number of halogens is 3. The molecule has 1 rings (SSSR count). The fourth-order valence-corrected chi connectivity index (χ4v) is 3.25. The molecule has 0 aliphatic rings. The van der Waals surface area contributed by atoms with Gasteiger partial charge in [0.05, 0.1) is 4.90 Å². The van der Waals surface area contributed by atoms with Crippen LogP contribution in [0.25, 0.3) is 0 Å². The quantitative estimate of drug-likeness (QED) is 0.814. The molecule has 0 unspecified atom stereocenters. The van der Waals surface area contributed by atoms with E-state index in [0.717, 1.165) is 24.3 Å². The lowest BCUT2D eigenvalue weighted by atomic mass is 10.1. The van der Waals surface area contributed by atoms with Crippen molar-refractivity contribution in [2.24, 2.45) is 5.73 Å². The van der Waals surface area contributed by atoms with Crippen LogP contribution < -0.4 is 10.5 Å². The molecule has 0 aliphatic carbocycles. The van der Waals surface area contributed by atoms with Crippen molar-refractivity contribution < 1.29 is 21.6 Å². The number of rotatable bonds is 5. The second-order valence-electron chi connectivity index (χ2n) is 4.71. The van der Waals surface area contributed by atoms with Gasteiger partial charge in [0.15, 0.2) is 0 Å². The van der Waals surface area contributed by atoms with Crippen molar-refractivity contribution in [3.63, 3.8) is 0 Å². The normalized spacial score (nSPS) is 13.5. The Bertz CT molecular complexity index is 554. The molecule has 0 bridgehead atoms. The Morgan fingerprint density at radius 3 is 2.10 bits per heavy atom. The van der Waals surface area contributed by atoms with Crippen molar-refractivity contribution in [3.8, 4) is 0 Å². The summed E-state index contributed by atoms with van der Waals surface area (Å²) in [7, 11) is -3.81. The summed E-state index contributed by atoms with van der Waals surface area (Å²) in [5.41, 5.74) is 0.192. The molecule has 0 radical (unpaired) electrons. The lowest BCUT2D eigenvalue weighted by Gasteiger charge is -2.23. The van der Waals surface area contributed by atoms with E-state index in [-0.39, 0.29) is 28.1 Å². The van der Waals surface area contributed by atoms with Gasteiger partial charge in [-0.05, 0) is 49.9 Å². The highest BCUT2D eigenvalue weighted by molar-refractivity contribution is 8.00. The van der Waals surface area contributed by atoms with Crippen LogP contribution in [0.3, 0.4) is 0 Å². The van der Waals surface area contributed by atoms with Crippen LogP contribution >= 0.6 is 11.8 Å². The fraction of sp³-hybridized carbons (Fsp3) is 0.455. The Labute approximate surface area is 120 Å². The zero-order valence-electron chi connectivity index (χ0n) is 10.9. The molecule has 4 nitrogen and oxygen atoms in total. The first kappa shape index (κ1) is 17.3. The largest absolute Gasteiger partial charge is 0.446 e. The number of nitrogens with one attached hydrogen (secondary N) is 1. The minimum atomic E-state index is -4.40. The number of nitrogens with two attached hydrogens (primary N) is 1. The molecule has 3 N–H and O–H groups in total. The van der Waals surface area contributed by atoms with Crippen LogP contribution in [0.4, 0.5) is 13.2 Å². The zero-order chi connectivity index (χ0) is 15.6. The molecule has 0 spiro atoms. The van der Waals surface area contributed by atoms with Crippen LogP contribution in [-0.4, -0.2) is 26.0 Å². The summed E-state index contributed by atoms with van der Waals surface area (Å²) in [4.78, 5) is -0.180. The average molecular weight is 328 g/mol. The van der Waals surface area contributed by atoms with Crippen LogP contribution in [0.2, 0.25) is 0 Å². The fourth-order valence-electron chi connectivity index (χ4n) is 1.28. The maximum absolute atomic E-state index is 12.2. The molecular weight excluding hydrogens is 313 g/mol. The summed E-state index contributed by atoms with van der Waals surface area (Å²) in [6.45, 7) is 3.31. The third-order valence-corrected chi connectivity index (χ3v) is 4.74. The zero-order valence-corrected chi connectivity index (χ0v) is 12.5. The van der Waals surface area contributed by atoms with Gasteiger partial charge in [-0.15, -0.1) is 0 Å². The lowest BCUT2D eigenvalue weighted by Crippen LogP contribution is -2.48. The van der Waals surface area contributed by atoms with Gasteiger partial charge in [0, 0.05) is 17.0 Å². The molecule has 0 aromatic heterocycles. The third kappa shape index (κ3) is 5.31. The number of thioether (sulfide) groups is 1. The van der Waals surface area contributed by atoms with Gasteiger partial charge in [0.1, 0.15) is 0 Å². The first-order valence-electron chi connectivity index (χ1n) is 5.55. The summed E-state index contributed by atoms with van der Waals surface area (Å²) in [6.07, 6.45) is 0. The van der Waals surface area contributed by atoms with E-state index in [4.69, 9.17) is 5.73 Å². The van der Waals surface area contributed by atoms with Gasteiger partial charge >= 0.3 is 5.51 Å². The second kappa shape index (κ2) is 5.92. The van der Waals surface area contributed by atoms with Gasteiger partial charge in [-0.3, -0.25) is 0 Å². The van der Waals surface area contributed by atoms with Gasteiger partial charge in [-0.1, -0.05) is 0 Å². The molecule has 114 valence electrons. The monoisotopic (exact) mass is 328 g/mol. The van der Waals surface area contributed by atoms with Gasteiger partial charge < -0.3 is 5.73 Å². The molecule has 9 heteroatoms. The van der Waals surface area contributed by atoms with Crippen LogP contribution in [0.5, 0.6) is 0 Å². The van der Waals surface area contributed by atoms with Crippen molar-refractivity contribution in [3.05, 3.63) is 24.3 Å². The van der Waals surface area contributed by atoms with Gasteiger partial charge in [-0.2, -0.15) is 13.2 Å². The Morgan fingerprint density at radius 1 is 1.20 bits per heavy atom. The Balaban J connectivity index is 2.93. The first-order chi connectivity index (χ1) is 8.95. The molecule has 1 aromatic rings. The maximum atomic E-state index is 12.2. The Hall–Kier alpha value is -0.770. The summed E-state index contributed by atoms with van der Waals surface area (Å²) < 4.78 is 62.9. The van der Waals surface area contributed by atoms with E-state index in [1.807, 2.05) is 0 Å². The van der Waals surface area contributed by atoms with E-state index < -0.39 is 21.1 Å². The number of alkyl halides is 3. The topological polar surface area (TPSA) is 72.2 Å². The van der Waals surface area contributed by atoms with Crippen molar-refractivity contribution in [1.29, 1.82) is 0 Å². The molecule has 1 aromatic carbocycles. The first-order valence-corrected chi connectivity index (χ1v) is 7.85. The highest BCUT2D eigenvalue weighted by atomic mass is 32.2. The van der Waals surface area contributed by atoms with Crippen LogP contribution in [0.15, 0.2) is 34.1 Å². The second-order valence-corrected chi connectivity index (χ2v) is 7.53. The summed E-state index contributed by atoms with van der Waals surface area (Å²) in [5.74, 6) is 0. The van der Waals surface area contributed by atoms with E-state index >= 15 is 0 Å². The van der Waals surface area contributed by atoms with E-state index in [1.54, 1.807) is 13.8 Å². The summed E-state index contributed by atoms with van der Waals surface area (Å²) in [6, 6.07) is 4.48. The van der Waals surface area contributed by atoms with E-state index in [1.165, 1.54) is 0 Å². The van der Waals surface area contributed by atoms with Gasteiger partial charge in [0.2, 0.25) is 10.0 Å². The highest BCUT2D eigenvalue weighted by Crippen LogP contribution is 2.36. The third-order valence-electron chi connectivity index (χ3n) is 2.29. The molecule has 0 heterocycles. The van der Waals surface area contributed by atoms with Gasteiger partial charge in [0.25, 0.3) is 0 Å². The van der Waals surface area contributed by atoms with Crippen LogP contribution in [-0.2, 0) is 10.0 Å². The lowest BCUT2D eigenvalue weighted by molar-refractivity contribution is -0.0328. The number of hydrogen-bond acceptors (Lipinski definition) is 4. The molecule has 20 heavy (non-hydrogen) atoms. The van der Waals surface area contributed by atoms with E-state index in [2.05, 4.69) is 4.72 Å². The maximum Gasteiger partial charge on any atom is 0.446 e. The Kier molecular flexibility index (Phi) is 5.12. The van der Waals surface area contributed by atoms with E-state index in [0.29, 0.717) is 0 Å². The standard InChI is InChI=1S/C11H15F3N2O2S2/c1-10(2,7-15)16-20(17,18)9-5-3-8(4-6-9)19-11(12,13)14/h3-6,16H,7,15H2,1-2H3. The average Bonchev–Trinajstić information content (AvgIpc) is 2.26. The number of hydrogen-bond donors (Lipinski definition) is 2. The van der Waals surface area contributed by atoms with Gasteiger partial charge in [-0.25, -0.2) is 13.1 Å². The minimum absolute atomic E-state index is 0.0745. The molecule has 0 fully saturated rings. The number of sulfonamides is 1. The smallest absolute Gasteiger partial charge is 0.329 e. The summed E-state index contributed by atoms with van der Waals surface area (Å²) >= 11 is -0.298. The van der Waals surface area contributed by atoms with Crippen molar-refractivity contribution >= 4 is 21.8 Å². The highest BCUT2D eigenvalue weighted by Gasteiger charge is 2.29. The SMILES string of the molecule is CC(C)(CN)NS(=O)(=O)c1ccc(SC(F)(F)F)cc1. The summed E-state index contributed by atoms with van der Waals surface area (Å²) in [5, 5.41) is 0. The predicted octanol–water partition coefficient (Wildman–Crippen LogP) is 2.31. The predicted molar refractivity (Wildman–Crippen MR) is 71.8 cm³/mol. The molecule has 0 aliphatic heterocycles. The molecule has 0 atom stereocenters. The van der Waals surface area contributed by atoms with E-state index in [9.17, 15) is 21.6 Å².